The van der Waals surface area contributed by atoms with Crippen molar-refractivity contribution in [2.24, 2.45) is 0 Å². The monoisotopic (exact) mass is 904 g/mol. The van der Waals surface area contributed by atoms with Crippen molar-refractivity contribution in [2.45, 2.75) is 129 Å². The van der Waals surface area contributed by atoms with Gasteiger partial charge in [0.2, 0.25) is 0 Å². The number of nitro groups is 2. The van der Waals surface area contributed by atoms with Crippen molar-refractivity contribution in [1.82, 2.24) is 9.80 Å². The van der Waals surface area contributed by atoms with Crippen molar-refractivity contribution in [2.75, 3.05) is 32.6 Å². The maximum Gasteiger partial charge on any atom is 0.410 e. The number of rotatable bonds is 12. The molecule has 2 fully saturated rings. The van der Waals surface area contributed by atoms with Gasteiger partial charge in [-0.05, 0) is 59.7 Å². The van der Waals surface area contributed by atoms with E-state index in [4.69, 9.17) is 27.6 Å². The first-order chi connectivity index (χ1) is 27.7. The summed E-state index contributed by atoms with van der Waals surface area (Å²) in [5, 5.41) is 22.0. The first-order valence-corrected chi connectivity index (χ1v) is 24.2. The summed E-state index contributed by atoms with van der Waals surface area (Å²) >= 11 is 0. The third-order valence-electron chi connectivity index (χ3n) is 9.81. The Balaban J connectivity index is 0.000000327. The van der Waals surface area contributed by atoms with E-state index in [-0.39, 0.29) is 36.1 Å². The van der Waals surface area contributed by atoms with Crippen molar-refractivity contribution in [3.8, 4) is 11.5 Å². The standard InChI is InChI=1S/C22H35FN2O6Si.C17H23FN2O8S/c1-21(2,3)31-20(26)24-10-9-19(18(24)14-29-32(7,8)22(4,5)6)30-17-12-15(23)11-16(13-17)25(27)28;1-17(2,3)28-16(21)19-6-5-15(14(19)10-26-29(4,24)25)27-13-8-11(18)7-12(9-13)20(22)23/h11-13,18-19H,9-10,14H2,1-8H3;7-9,14-15H,5-6,10H2,1-4H3/t18-,19+;14-,15+/m11/s1. The van der Waals surface area contributed by atoms with Crippen LogP contribution in [-0.2, 0) is 28.2 Å². The Bertz CT molecular complexity index is 2020. The number of nitrogens with zero attached hydrogens (tertiary/aromatic N) is 4. The molecule has 2 aromatic carbocycles. The molecule has 2 heterocycles. The lowest BCUT2D eigenvalue weighted by Gasteiger charge is -2.38. The number of non-ortho nitro benzene ring substituents is 2. The first kappa shape index (κ1) is 50.7. The molecule has 2 amide bonds. The van der Waals surface area contributed by atoms with Gasteiger partial charge in [-0.25, -0.2) is 18.4 Å². The van der Waals surface area contributed by atoms with E-state index in [9.17, 15) is 47.0 Å². The fraction of sp³-hybridized carbons (Fsp3) is 0.641. The van der Waals surface area contributed by atoms with Crippen LogP contribution in [0.25, 0.3) is 0 Å². The molecule has 61 heavy (non-hydrogen) atoms. The van der Waals surface area contributed by atoms with Crippen molar-refractivity contribution in [1.29, 1.82) is 0 Å². The Hall–Kier alpha value is -4.67. The minimum absolute atomic E-state index is 0.0259. The summed E-state index contributed by atoms with van der Waals surface area (Å²) in [6, 6.07) is 4.57. The van der Waals surface area contributed by atoms with Crippen LogP contribution >= 0.6 is 0 Å². The van der Waals surface area contributed by atoms with E-state index in [0.717, 1.165) is 36.6 Å². The first-order valence-electron chi connectivity index (χ1n) is 19.5. The van der Waals surface area contributed by atoms with Crippen LogP contribution < -0.4 is 9.47 Å². The van der Waals surface area contributed by atoms with Gasteiger partial charge >= 0.3 is 12.2 Å². The largest absolute Gasteiger partial charge is 0.488 e. The fourth-order valence-corrected chi connectivity index (χ4v) is 7.32. The van der Waals surface area contributed by atoms with Gasteiger partial charge in [-0.15, -0.1) is 0 Å². The summed E-state index contributed by atoms with van der Waals surface area (Å²) < 4.78 is 84.1. The van der Waals surface area contributed by atoms with Crippen LogP contribution in [0.3, 0.4) is 0 Å². The molecule has 2 aliphatic rings. The molecule has 4 atom stereocenters. The van der Waals surface area contributed by atoms with E-state index in [1.165, 1.54) is 11.0 Å². The number of halogens is 2. The second-order valence-corrected chi connectivity index (χ2v) is 24.7. The maximum atomic E-state index is 13.9. The smallest absolute Gasteiger partial charge is 0.410 e. The summed E-state index contributed by atoms with van der Waals surface area (Å²) in [5.41, 5.74) is -2.33. The van der Waals surface area contributed by atoms with Crippen molar-refractivity contribution < 1.29 is 64.2 Å². The van der Waals surface area contributed by atoms with Gasteiger partial charge in [0, 0.05) is 38.1 Å². The molecular formula is C39H58F2N4O14SSi. The second-order valence-electron chi connectivity index (χ2n) is 18.2. The van der Waals surface area contributed by atoms with Gasteiger partial charge in [-0.3, -0.25) is 34.2 Å². The van der Waals surface area contributed by atoms with Crippen LogP contribution in [0.15, 0.2) is 36.4 Å². The Morgan fingerprint density at radius 3 is 1.43 bits per heavy atom. The van der Waals surface area contributed by atoms with E-state index in [1.807, 2.05) is 0 Å². The molecule has 18 nitrogen and oxygen atoms in total. The molecule has 0 unspecified atom stereocenters. The van der Waals surface area contributed by atoms with Crippen molar-refractivity contribution in [3.05, 3.63) is 68.3 Å². The molecule has 0 spiro atoms. The number of nitro benzene ring substituents is 2. The summed E-state index contributed by atoms with van der Waals surface area (Å²) in [7, 11) is -5.92. The van der Waals surface area contributed by atoms with E-state index in [1.54, 1.807) is 46.4 Å². The zero-order chi connectivity index (χ0) is 46.5. The molecule has 0 radical (unpaired) electrons. The number of hydrogen-bond donors (Lipinski definition) is 0. The highest BCUT2D eigenvalue weighted by Crippen LogP contribution is 2.38. The minimum atomic E-state index is -3.80. The van der Waals surface area contributed by atoms with Crippen LogP contribution in [-0.4, -0.2) is 117 Å². The van der Waals surface area contributed by atoms with Crippen LogP contribution in [0.5, 0.6) is 11.5 Å². The quantitative estimate of drug-likeness (QED) is 0.0854. The molecule has 22 heteroatoms. The lowest BCUT2D eigenvalue weighted by molar-refractivity contribution is -0.385. The molecule has 342 valence electrons. The molecular weight excluding hydrogens is 847 g/mol. The molecule has 2 aromatic rings. The summed E-state index contributed by atoms with van der Waals surface area (Å²) in [6.45, 7) is 21.4. The zero-order valence-electron chi connectivity index (χ0n) is 36.7. The molecule has 0 bridgehead atoms. The average molecular weight is 905 g/mol. The van der Waals surface area contributed by atoms with Gasteiger partial charge in [0.25, 0.3) is 21.5 Å². The predicted octanol–water partition coefficient (Wildman–Crippen LogP) is 7.98. The Kier molecular flexibility index (Phi) is 16.3. The number of carbonyl (C=O) groups is 2. The Morgan fingerprint density at radius 2 is 1.10 bits per heavy atom. The zero-order valence-corrected chi connectivity index (χ0v) is 38.5. The Morgan fingerprint density at radius 1 is 0.721 bits per heavy atom. The lowest BCUT2D eigenvalue weighted by Crippen LogP contribution is -2.50. The van der Waals surface area contributed by atoms with E-state index < -0.39 is 106 Å². The van der Waals surface area contributed by atoms with Gasteiger partial charge < -0.3 is 23.4 Å². The third-order valence-corrected chi connectivity index (χ3v) is 14.9. The number of amides is 2. The van der Waals surface area contributed by atoms with E-state index >= 15 is 0 Å². The predicted molar refractivity (Wildman–Crippen MR) is 222 cm³/mol. The number of carbonyl (C=O) groups excluding carboxylic acids is 2. The number of ether oxygens (including phenoxy) is 4. The molecule has 2 aliphatic heterocycles. The number of benzene rings is 2. The van der Waals surface area contributed by atoms with E-state index in [2.05, 4.69) is 33.9 Å². The van der Waals surface area contributed by atoms with Crippen molar-refractivity contribution in [3.63, 3.8) is 0 Å². The molecule has 0 aliphatic carbocycles. The van der Waals surface area contributed by atoms with Crippen LogP contribution in [0, 0.1) is 31.9 Å². The molecule has 0 saturated carbocycles. The summed E-state index contributed by atoms with van der Waals surface area (Å²) in [4.78, 5) is 48.8. The summed E-state index contributed by atoms with van der Waals surface area (Å²) in [6.07, 6.45) is -0.866. The maximum absolute atomic E-state index is 13.9. The Labute approximate surface area is 356 Å². The molecule has 4 rings (SSSR count). The number of hydrogen-bond acceptors (Lipinski definition) is 14. The normalized spacial score (nSPS) is 19.8. The minimum Gasteiger partial charge on any atom is -0.488 e. The van der Waals surface area contributed by atoms with Crippen LogP contribution in [0.4, 0.5) is 29.7 Å². The highest BCUT2D eigenvalue weighted by Gasteiger charge is 2.45. The highest BCUT2D eigenvalue weighted by molar-refractivity contribution is 7.85. The lowest BCUT2D eigenvalue weighted by atomic mass is 10.1. The second kappa shape index (κ2) is 19.6. The number of likely N-dealkylation sites (tertiary alicyclic amines) is 2. The molecule has 0 aromatic heterocycles. The molecule has 0 N–H and O–H groups in total. The van der Waals surface area contributed by atoms with Gasteiger partial charge in [-0.1, -0.05) is 20.8 Å². The highest BCUT2D eigenvalue weighted by atomic mass is 32.2. The summed E-state index contributed by atoms with van der Waals surface area (Å²) in [5.74, 6) is -1.69. The van der Waals surface area contributed by atoms with Gasteiger partial charge in [-0.2, -0.15) is 8.42 Å². The van der Waals surface area contributed by atoms with Crippen LogP contribution in [0.2, 0.25) is 18.1 Å². The van der Waals surface area contributed by atoms with E-state index in [0.29, 0.717) is 13.0 Å². The molecule has 2 saturated heterocycles. The SMILES string of the molecule is CC(C)(C)OC(=O)N1CC[C@H](Oc2cc(F)cc([N+](=O)[O-])c2)[C@H]1COS(C)(=O)=O.CC(C)(C)OC(=O)N1CC[C@H](Oc2cc(F)cc([N+](=O)[O-])c2)[C@H]1CO[Si](C)(C)C(C)(C)C. The van der Waals surface area contributed by atoms with Gasteiger partial charge in [0.05, 0.1) is 65.7 Å². The van der Waals surface area contributed by atoms with Gasteiger partial charge in [0.1, 0.15) is 46.5 Å². The average Bonchev–Trinajstić information content (AvgIpc) is 3.67. The third kappa shape index (κ3) is 15.6. The van der Waals surface area contributed by atoms with Crippen LogP contribution in [0.1, 0.15) is 75.2 Å². The van der Waals surface area contributed by atoms with Gasteiger partial charge in [0.15, 0.2) is 8.32 Å². The van der Waals surface area contributed by atoms with Crippen molar-refractivity contribution >= 4 is 42.0 Å². The fourth-order valence-electron chi connectivity index (χ4n) is 5.91. The topological polar surface area (TPSA) is 216 Å².